The van der Waals surface area contributed by atoms with Crippen molar-refractivity contribution in [2.75, 3.05) is 11.5 Å². The number of nitrogens with zero attached hydrogens (tertiary/aromatic N) is 2. The normalized spacial score (nSPS) is 26.2. The molecule has 0 radical (unpaired) electrons. The maximum atomic E-state index is 6.00. The van der Waals surface area contributed by atoms with Crippen LogP contribution in [0.3, 0.4) is 0 Å². The molecule has 4 nitrogen and oxygen atoms in total. The molecule has 1 fully saturated rings. The zero-order valence-corrected chi connectivity index (χ0v) is 10.9. The van der Waals surface area contributed by atoms with Crippen molar-refractivity contribution < 1.29 is 4.52 Å². The molecule has 1 aromatic heterocycles. The van der Waals surface area contributed by atoms with E-state index in [1.807, 2.05) is 11.8 Å². The molecule has 1 aliphatic rings. The summed E-state index contributed by atoms with van der Waals surface area (Å²) >= 11 is 1.85. The smallest absolute Gasteiger partial charge is 0.232 e. The minimum atomic E-state index is 0.160. The van der Waals surface area contributed by atoms with Gasteiger partial charge in [0.15, 0.2) is 5.82 Å². The van der Waals surface area contributed by atoms with E-state index in [0.29, 0.717) is 0 Å². The van der Waals surface area contributed by atoms with Crippen LogP contribution in [0.2, 0.25) is 0 Å². The number of nitrogens with two attached hydrogens (primary N) is 1. The summed E-state index contributed by atoms with van der Waals surface area (Å²) in [6, 6.07) is 0.160. The van der Waals surface area contributed by atoms with Gasteiger partial charge < -0.3 is 10.3 Å². The first-order valence-electron chi connectivity index (χ1n) is 5.61. The molecule has 0 amide bonds. The number of rotatable bonds is 2. The van der Waals surface area contributed by atoms with E-state index in [1.54, 1.807) is 0 Å². The van der Waals surface area contributed by atoms with Crippen molar-refractivity contribution in [3.05, 3.63) is 11.7 Å². The fourth-order valence-electron chi connectivity index (χ4n) is 1.79. The van der Waals surface area contributed by atoms with Gasteiger partial charge in [-0.05, 0) is 5.41 Å². The molecule has 0 aromatic carbocycles. The van der Waals surface area contributed by atoms with Gasteiger partial charge in [0.1, 0.15) is 0 Å². The first-order valence-corrected chi connectivity index (χ1v) is 6.77. The minimum absolute atomic E-state index is 0.160. The summed E-state index contributed by atoms with van der Waals surface area (Å²) in [4.78, 5) is 4.46. The van der Waals surface area contributed by atoms with Gasteiger partial charge in [0.2, 0.25) is 5.89 Å². The molecule has 16 heavy (non-hydrogen) atoms. The second-order valence-corrected chi connectivity index (χ2v) is 6.67. The third-order valence-corrected chi connectivity index (χ3v) is 3.83. The Morgan fingerprint density at radius 2 is 2.19 bits per heavy atom. The molecule has 0 aliphatic carbocycles. The lowest BCUT2D eigenvalue weighted by Gasteiger charge is -2.14. The van der Waals surface area contributed by atoms with Crippen molar-refractivity contribution in [1.82, 2.24) is 10.1 Å². The first-order chi connectivity index (χ1) is 7.46. The highest BCUT2D eigenvalue weighted by atomic mass is 32.2. The van der Waals surface area contributed by atoms with Crippen LogP contribution in [0.15, 0.2) is 4.52 Å². The van der Waals surface area contributed by atoms with Crippen LogP contribution in [0, 0.1) is 5.41 Å². The molecular formula is C11H19N3OS. The molecule has 2 unspecified atom stereocenters. The highest BCUT2D eigenvalue weighted by molar-refractivity contribution is 7.99. The van der Waals surface area contributed by atoms with E-state index in [0.717, 1.165) is 29.6 Å². The van der Waals surface area contributed by atoms with Gasteiger partial charge in [-0.2, -0.15) is 16.7 Å². The van der Waals surface area contributed by atoms with Crippen molar-refractivity contribution in [1.29, 1.82) is 0 Å². The lowest BCUT2D eigenvalue weighted by atomic mass is 9.92. The molecule has 2 heterocycles. The average Bonchev–Trinajstić information content (AvgIpc) is 2.71. The maximum absolute atomic E-state index is 6.00. The van der Waals surface area contributed by atoms with Gasteiger partial charge in [0.25, 0.3) is 0 Å². The van der Waals surface area contributed by atoms with Gasteiger partial charge in [-0.15, -0.1) is 0 Å². The standard InChI is InChI=1S/C11H19N3OS/c1-11(2,3)4-9-13-10(15-14-9)7-5-16-6-8(7)12/h7-8H,4-6,12H2,1-3H3. The van der Waals surface area contributed by atoms with Crippen LogP contribution in [0.25, 0.3) is 0 Å². The van der Waals surface area contributed by atoms with Crippen LogP contribution >= 0.6 is 11.8 Å². The maximum Gasteiger partial charge on any atom is 0.232 e. The SMILES string of the molecule is CC(C)(C)Cc1noc(C2CSCC2N)n1. The molecule has 1 aliphatic heterocycles. The van der Waals surface area contributed by atoms with E-state index in [9.17, 15) is 0 Å². The Morgan fingerprint density at radius 3 is 2.75 bits per heavy atom. The highest BCUT2D eigenvalue weighted by Gasteiger charge is 2.31. The molecule has 1 saturated heterocycles. The molecule has 2 rings (SSSR count). The number of thioether (sulfide) groups is 1. The largest absolute Gasteiger partial charge is 0.339 e. The lowest BCUT2D eigenvalue weighted by Crippen LogP contribution is -2.26. The summed E-state index contributed by atoms with van der Waals surface area (Å²) in [6.07, 6.45) is 0.839. The lowest BCUT2D eigenvalue weighted by molar-refractivity contribution is 0.338. The quantitative estimate of drug-likeness (QED) is 0.855. The predicted octanol–water partition coefficient (Wildman–Crippen LogP) is 1.82. The summed E-state index contributed by atoms with van der Waals surface area (Å²) in [6.45, 7) is 6.50. The van der Waals surface area contributed by atoms with E-state index < -0.39 is 0 Å². The van der Waals surface area contributed by atoms with Crippen molar-refractivity contribution in [3.63, 3.8) is 0 Å². The molecular weight excluding hydrogens is 222 g/mol. The zero-order valence-electron chi connectivity index (χ0n) is 10.1. The Kier molecular flexibility index (Phi) is 3.26. The van der Waals surface area contributed by atoms with Crippen LogP contribution in [0.5, 0.6) is 0 Å². The van der Waals surface area contributed by atoms with Crippen LogP contribution in [0.4, 0.5) is 0 Å². The first kappa shape index (κ1) is 11.9. The van der Waals surface area contributed by atoms with E-state index >= 15 is 0 Å². The van der Waals surface area contributed by atoms with Crippen molar-refractivity contribution >= 4 is 11.8 Å². The van der Waals surface area contributed by atoms with E-state index in [2.05, 4.69) is 30.9 Å². The second-order valence-electron chi connectivity index (χ2n) is 5.59. The van der Waals surface area contributed by atoms with Gasteiger partial charge in [-0.25, -0.2) is 0 Å². The topological polar surface area (TPSA) is 64.9 Å². The molecule has 0 saturated carbocycles. The Labute approximate surface area is 100 Å². The average molecular weight is 241 g/mol. The molecule has 0 bridgehead atoms. The van der Waals surface area contributed by atoms with Gasteiger partial charge in [-0.3, -0.25) is 0 Å². The summed E-state index contributed by atoms with van der Waals surface area (Å²) in [5.41, 5.74) is 6.19. The molecule has 2 atom stereocenters. The van der Waals surface area contributed by atoms with E-state index in [-0.39, 0.29) is 17.4 Å². The van der Waals surface area contributed by atoms with Crippen LogP contribution in [-0.2, 0) is 6.42 Å². The van der Waals surface area contributed by atoms with Gasteiger partial charge >= 0.3 is 0 Å². The molecule has 5 heteroatoms. The van der Waals surface area contributed by atoms with E-state index in [1.165, 1.54) is 0 Å². The molecule has 90 valence electrons. The van der Waals surface area contributed by atoms with Crippen LogP contribution in [0.1, 0.15) is 38.4 Å². The summed E-state index contributed by atoms with van der Waals surface area (Å²) < 4.78 is 5.31. The fourth-order valence-corrected chi connectivity index (χ4v) is 3.07. The fraction of sp³-hybridized carbons (Fsp3) is 0.818. The van der Waals surface area contributed by atoms with Gasteiger partial charge in [0.05, 0.1) is 5.92 Å². The number of aromatic nitrogens is 2. The molecule has 0 spiro atoms. The third kappa shape index (κ3) is 2.77. The van der Waals surface area contributed by atoms with Crippen LogP contribution in [-0.4, -0.2) is 27.7 Å². The highest BCUT2D eigenvalue weighted by Crippen LogP contribution is 2.31. The Bertz CT molecular complexity index is 358. The third-order valence-electron chi connectivity index (χ3n) is 2.61. The second kappa shape index (κ2) is 4.37. The van der Waals surface area contributed by atoms with Crippen molar-refractivity contribution in [2.24, 2.45) is 11.1 Å². The molecule has 1 aromatic rings. The van der Waals surface area contributed by atoms with Gasteiger partial charge in [-0.1, -0.05) is 25.9 Å². The predicted molar refractivity (Wildman–Crippen MR) is 65.5 cm³/mol. The van der Waals surface area contributed by atoms with Crippen molar-refractivity contribution in [2.45, 2.75) is 39.2 Å². The van der Waals surface area contributed by atoms with Crippen molar-refractivity contribution in [3.8, 4) is 0 Å². The Balaban J connectivity index is 2.07. The number of hydrogen-bond donors (Lipinski definition) is 1. The Hall–Kier alpha value is -0.550. The summed E-state index contributed by atoms with van der Waals surface area (Å²) in [7, 11) is 0. The summed E-state index contributed by atoms with van der Waals surface area (Å²) in [5, 5.41) is 4.03. The summed E-state index contributed by atoms with van der Waals surface area (Å²) in [5.74, 6) is 3.74. The molecule has 2 N–H and O–H groups in total. The van der Waals surface area contributed by atoms with E-state index in [4.69, 9.17) is 10.3 Å². The monoisotopic (exact) mass is 241 g/mol. The minimum Gasteiger partial charge on any atom is -0.339 e. The Morgan fingerprint density at radius 1 is 1.44 bits per heavy atom. The number of hydrogen-bond acceptors (Lipinski definition) is 5. The van der Waals surface area contributed by atoms with Crippen LogP contribution < -0.4 is 5.73 Å². The zero-order chi connectivity index (χ0) is 11.8. The van der Waals surface area contributed by atoms with Gasteiger partial charge in [0, 0.05) is 24.0 Å².